The van der Waals surface area contributed by atoms with Gasteiger partial charge in [-0.3, -0.25) is 0 Å². The van der Waals surface area contributed by atoms with E-state index in [0.717, 1.165) is 18.9 Å². The maximum absolute atomic E-state index is 8.74. The molecule has 1 fully saturated rings. The van der Waals surface area contributed by atoms with Gasteiger partial charge in [-0.2, -0.15) is 0 Å². The maximum Gasteiger partial charge on any atom is 0.0443 e. The molecular weight excluding hydrogens is 176 g/mol. The van der Waals surface area contributed by atoms with Crippen LogP contribution in [0.25, 0.3) is 0 Å². The third-order valence-electron chi connectivity index (χ3n) is 3.43. The molecule has 1 aliphatic heterocycles. The standard InChI is InChI=1S/C11H24N2O/c1-10(12-2)11-4-7-13(8-5-11)6-3-9-14/h10-12,14H,3-9H2,1-2H3. The Morgan fingerprint density at radius 1 is 1.43 bits per heavy atom. The van der Waals surface area contributed by atoms with Crippen molar-refractivity contribution in [1.82, 2.24) is 10.2 Å². The monoisotopic (exact) mass is 200 g/mol. The van der Waals surface area contributed by atoms with Gasteiger partial charge in [-0.05, 0) is 52.2 Å². The number of hydrogen-bond donors (Lipinski definition) is 2. The van der Waals surface area contributed by atoms with Crippen LogP contribution in [0.1, 0.15) is 26.2 Å². The van der Waals surface area contributed by atoms with Gasteiger partial charge in [-0.1, -0.05) is 0 Å². The van der Waals surface area contributed by atoms with E-state index >= 15 is 0 Å². The van der Waals surface area contributed by atoms with Crippen LogP contribution >= 0.6 is 0 Å². The van der Waals surface area contributed by atoms with E-state index in [4.69, 9.17) is 5.11 Å². The Hall–Kier alpha value is -0.120. The Bertz CT molecular complexity index is 144. The number of rotatable bonds is 5. The Labute approximate surface area is 87.5 Å². The summed E-state index contributed by atoms with van der Waals surface area (Å²) in [5, 5.41) is 12.1. The number of hydrogen-bond acceptors (Lipinski definition) is 3. The minimum absolute atomic E-state index is 0.326. The van der Waals surface area contributed by atoms with E-state index in [2.05, 4.69) is 17.1 Å². The van der Waals surface area contributed by atoms with E-state index in [9.17, 15) is 0 Å². The molecule has 1 heterocycles. The smallest absolute Gasteiger partial charge is 0.0443 e. The molecule has 3 nitrogen and oxygen atoms in total. The molecule has 84 valence electrons. The average molecular weight is 200 g/mol. The molecule has 14 heavy (non-hydrogen) atoms. The Morgan fingerprint density at radius 2 is 2.07 bits per heavy atom. The number of aliphatic hydroxyl groups is 1. The molecule has 0 aromatic rings. The van der Waals surface area contributed by atoms with Crippen molar-refractivity contribution < 1.29 is 5.11 Å². The lowest BCUT2D eigenvalue weighted by Crippen LogP contribution is -2.41. The fourth-order valence-electron chi connectivity index (χ4n) is 2.21. The molecule has 1 saturated heterocycles. The first-order valence-electron chi connectivity index (χ1n) is 5.78. The van der Waals surface area contributed by atoms with Crippen LogP contribution in [0.15, 0.2) is 0 Å². The summed E-state index contributed by atoms with van der Waals surface area (Å²) in [7, 11) is 2.04. The van der Waals surface area contributed by atoms with E-state index in [1.807, 2.05) is 7.05 Å². The van der Waals surface area contributed by atoms with Gasteiger partial charge in [-0.15, -0.1) is 0 Å². The Kier molecular flexibility index (Phi) is 5.45. The fourth-order valence-corrected chi connectivity index (χ4v) is 2.21. The molecule has 1 rings (SSSR count). The molecule has 0 aromatic heterocycles. The second-order valence-electron chi connectivity index (χ2n) is 4.33. The number of piperidine rings is 1. The molecule has 2 N–H and O–H groups in total. The van der Waals surface area contributed by atoms with Gasteiger partial charge in [0, 0.05) is 19.2 Å². The molecule has 0 spiro atoms. The molecule has 0 aromatic carbocycles. The second kappa shape index (κ2) is 6.38. The van der Waals surface area contributed by atoms with E-state index < -0.39 is 0 Å². The number of likely N-dealkylation sites (tertiary alicyclic amines) is 1. The van der Waals surface area contributed by atoms with Crippen molar-refractivity contribution in [3.8, 4) is 0 Å². The molecule has 0 radical (unpaired) electrons. The quantitative estimate of drug-likeness (QED) is 0.685. The van der Waals surface area contributed by atoms with Crippen molar-refractivity contribution >= 4 is 0 Å². The predicted octanol–water partition coefficient (Wildman–Crippen LogP) is 0.689. The number of nitrogens with zero attached hydrogens (tertiary/aromatic N) is 1. The Morgan fingerprint density at radius 3 is 2.57 bits per heavy atom. The summed E-state index contributed by atoms with van der Waals surface area (Å²) in [5.41, 5.74) is 0. The summed E-state index contributed by atoms with van der Waals surface area (Å²) in [5.74, 6) is 0.838. The van der Waals surface area contributed by atoms with Gasteiger partial charge < -0.3 is 15.3 Å². The van der Waals surface area contributed by atoms with Crippen molar-refractivity contribution in [1.29, 1.82) is 0 Å². The first-order chi connectivity index (χ1) is 6.77. The van der Waals surface area contributed by atoms with Crippen LogP contribution in [0, 0.1) is 5.92 Å². The van der Waals surface area contributed by atoms with Crippen LogP contribution in [-0.4, -0.2) is 49.3 Å². The predicted molar refractivity (Wildman–Crippen MR) is 59.4 cm³/mol. The van der Waals surface area contributed by atoms with E-state index in [0.29, 0.717) is 12.6 Å². The van der Waals surface area contributed by atoms with Crippen LogP contribution in [0.2, 0.25) is 0 Å². The molecule has 0 saturated carbocycles. The summed E-state index contributed by atoms with van der Waals surface area (Å²) in [6, 6.07) is 0.648. The van der Waals surface area contributed by atoms with Crippen LogP contribution in [0.5, 0.6) is 0 Å². The highest BCUT2D eigenvalue weighted by atomic mass is 16.3. The number of nitrogens with one attached hydrogen (secondary N) is 1. The first kappa shape index (κ1) is 12.0. The Balaban J connectivity index is 2.17. The van der Waals surface area contributed by atoms with Gasteiger partial charge in [-0.25, -0.2) is 0 Å². The van der Waals surface area contributed by atoms with E-state index in [1.165, 1.54) is 25.9 Å². The van der Waals surface area contributed by atoms with E-state index in [-0.39, 0.29) is 0 Å². The van der Waals surface area contributed by atoms with Crippen LogP contribution in [0.3, 0.4) is 0 Å². The zero-order valence-corrected chi connectivity index (χ0v) is 9.50. The van der Waals surface area contributed by atoms with Gasteiger partial charge in [0.1, 0.15) is 0 Å². The van der Waals surface area contributed by atoms with Gasteiger partial charge in [0.05, 0.1) is 0 Å². The summed E-state index contributed by atoms with van der Waals surface area (Å²) in [6.45, 7) is 6.07. The van der Waals surface area contributed by atoms with Gasteiger partial charge in [0.25, 0.3) is 0 Å². The molecule has 3 heteroatoms. The molecular formula is C11H24N2O. The molecule has 1 aliphatic rings. The van der Waals surface area contributed by atoms with Crippen molar-refractivity contribution in [2.75, 3.05) is 33.3 Å². The summed E-state index contributed by atoms with van der Waals surface area (Å²) >= 11 is 0. The molecule has 1 unspecified atom stereocenters. The minimum Gasteiger partial charge on any atom is -0.396 e. The lowest BCUT2D eigenvalue weighted by Gasteiger charge is -2.34. The number of aliphatic hydroxyl groups excluding tert-OH is 1. The van der Waals surface area contributed by atoms with Gasteiger partial charge in [0.2, 0.25) is 0 Å². The normalized spacial score (nSPS) is 22.5. The zero-order chi connectivity index (χ0) is 10.4. The van der Waals surface area contributed by atoms with Crippen LogP contribution in [0.4, 0.5) is 0 Å². The average Bonchev–Trinajstić information content (AvgIpc) is 2.26. The molecule has 0 amide bonds. The summed E-state index contributed by atoms with van der Waals surface area (Å²) in [6.07, 6.45) is 3.52. The van der Waals surface area contributed by atoms with Crippen molar-refractivity contribution in [2.24, 2.45) is 5.92 Å². The highest BCUT2D eigenvalue weighted by molar-refractivity contribution is 4.78. The second-order valence-corrected chi connectivity index (χ2v) is 4.33. The lowest BCUT2D eigenvalue weighted by atomic mass is 9.90. The van der Waals surface area contributed by atoms with Gasteiger partial charge >= 0.3 is 0 Å². The van der Waals surface area contributed by atoms with Crippen LogP contribution < -0.4 is 5.32 Å². The fraction of sp³-hybridized carbons (Fsp3) is 1.00. The molecule has 0 aliphatic carbocycles. The highest BCUT2D eigenvalue weighted by Gasteiger charge is 2.22. The van der Waals surface area contributed by atoms with Crippen molar-refractivity contribution in [2.45, 2.75) is 32.2 Å². The third-order valence-corrected chi connectivity index (χ3v) is 3.43. The summed E-state index contributed by atoms with van der Waals surface area (Å²) < 4.78 is 0. The zero-order valence-electron chi connectivity index (χ0n) is 9.50. The maximum atomic E-state index is 8.74. The van der Waals surface area contributed by atoms with Crippen LogP contribution in [-0.2, 0) is 0 Å². The highest BCUT2D eigenvalue weighted by Crippen LogP contribution is 2.20. The summed E-state index contributed by atoms with van der Waals surface area (Å²) in [4.78, 5) is 2.47. The topological polar surface area (TPSA) is 35.5 Å². The largest absolute Gasteiger partial charge is 0.396 e. The molecule has 0 bridgehead atoms. The lowest BCUT2D eigenvalue weighted by molar-refractivity contribution is 0.152. The third kappa shape index (κ3) is 3.56. The molecule has 1 atom stereocenters. The van der Waals surface area contributed by atoms with Crippen molar-refractivity contribution in [3.63, 3.8) is 0 Å². The van der Waals surface area contributed by atoms with E-state index in [1.54, 1.807) is 0 Å². The SMILES string of the molecule is CNC(C)C1CCN(CCCO)CC1. The van der Waals surface area contributed by atoms with Crippen molar-refractivity contribution in [3.05, 3.63) is 0 Å². The van der Waals surface area contributed by atoms with Gasteiger partial charge in [0.15, 0.2) is 0 Å². The first-order valence-corrected chi connectivity index (χ1v) is 5.78. The minimum atomic E-state index is 0.326.